The summed E-state index contributed by atoms with van der Waals surface area (Å²) in [5, 5.41) is 0. The van der Waals surface area contributed by atoms with Gasteiger partial charge >= 0.3 is 0 Å². The van der Waals surface area contributed by atoms with Crippen LogP contribution in [0.25, 0.3) is 0 Å². The summed E-state index contributed by atoms with van der Waals surface area (Å²) < 4.78 is 5.65. The largest absolute Gasteiger partial charge is 0.486 e. The molecule has 4 nitrogen and oxygen atoms in total. The molecule has 0 spiro atoms. The zero-order chi connectivity index (χ0) is 12.8. The zero-order valence-corrected chi connectivity index (χ0v) is 10.4. The Kier molecular flexibility index (Phi) is 4.25. The monoisotopic (exact) mass is 243 g/mol. The van der Waals surface area contributed by atoms with Crippen LogP contribution in [0.4, 0.5) is 0 Å². The van der Waals surface area contributed by atoms with Crippen LogP contribution < -0.4 is 10.5 Å². The predicted molar refractivity (Wildman–Crippen MR) is 70.2 cm³/mol. The Morgan fingerprint density at radius 1 is 1.22 bits per heavy atom. The van der Waals surface area contributed by atoms with Gasteiger partial charge < -0.3 is 10.5 Å². The second-order valence-electron chi connectivity index (χ2n) is 4.28. The van der Waals surface area contributed by atoms with E-state index in [2.05, 4.69) is 16.0 Å². The number of benzene rings is 1. The van der Waals surface area contributed by atoms with E-state index < -0.39 is 0 Å². The van der Waals surface area contributed by atoms with Gasteiger partial charge in [-0.1, -0.05) is 12.1 Å². The topological polar surface area (TPSA) is 61.0 Å². The van der Waals surface area contributed by atoms with E-state index in [1.165, 1.54) is 5.56 Å². The van der Waals surface area contributed by atoms with Crippen molar-refractivity contribution in [3.05, 3.63) is 54.1 Å². The minimum absolute atomic E-state index is 0.151. The Labute approximate surface area is 107 Å². The second kappa shape index (κ2) is 6.12. The minimum Gasteiger partial charge on any atom is -0.486 e. The molecule has 1 atom stereocenters. The van der Waals surface area contributed by atoms with Crippen LogP contribution in [0.3, 0.4) is 0 Å². The maximum atomic E-state index is 5.78. The minimum atomic E-state index is 0.151. The summed E-state index contributed by atoms with van der Waals surface area (Å²) in [6.07, 6.45) is 4.26. The third kappa shape index (κ3) is 3.82. The highest BCUT2D eigenvalue weighted by Gasteiger charge is 2.01. The lowest BCUT2D eigenvalue weighted by Crippen LogP contribution is -2.17. The number of aromatic nitrogens is 2. The molecule has 0 radical (unpaired) electrons. The Hall–Kier alpha value is -1.94. The van der Waals surface area contributed by atoms with Gasteiger partial charge in [0.15, 0.2) is 5.82 Å². The molecule has 0 aliphatic rings. The summed E-state index contributed by atoms with van der Waals surface area (Å²) in [5.41, 5.74) is 6.96. The normalized spacial score (nSPS) is 12.1. The molecule has 94 valence electrons. The van der Waals surface area contributed by atoms with Crippen molar-refractivity contribution in [2.24, 2.45) is 5.73 Å². The van der Waals surface area contributed by atoms with Crippen molar-refractivity contribution in [2.45, 2.75) is 26.0 Å². The molecule has 0 saturated carbocycles. The fourth-order valence-corrected chi connectivity index (χ4v) is 1.69. The molecule has 18 heavy (non-hydrogen) atoms. The number of ether oxygens (including phenoxy) is 1. The van der Waals surface area contributed by atoms with Gasteiger partial charge in [-0.25, -0.2) is 9.97 Å². The van der Waals surface area contributed by atoms with Crippen molar-refractivity contribution in [1.29, 1.82) is 0 Å². The maximum absolute atomic E-state index is 5.78. The molecule has 0 aliphatic heterocycles. The molecule has 4 heteroatoms. The van der Waals surface area contributed by atoms with Crippen LogP contribution in [0.1, 0.15) is 18.3 Å². The van der Waals surface area contributed by atoms with Gasteiger partial charge in [-0.3, -0.25) is 0 Å². The smallest absolute Gasteiger partial charge is 0.166 e. The third-order valence-corrected chi connectivity index (χ3v) is 2.44. The van der Waals surface area contributed by atoms with Crippen LogP contribution in [0.2, 0.25) is 0 Å². The number of rotatable bonds is 5. The molecule has 0 fully saturated rings. The third-order valence-electron chi connectivity index (χ3n) is 2.44. The van der Waals surface area contributed by atoms with Crippen molar-refractivity contribution in [1.82, 2.24) is 9.97 Å². The molecule has 0 bridgehead atoms. The van der Waals surface area contributed by atoms with E-state index in [0.717, 1.165) is 12.2 Å². The SMILES string of the molecule is CC(N)Cc1cccc(OCc2ncccn2)c1. The molecule has 1 aromatic carbocycles. The van der Waals surface area contributed by atoms with Gasteiger partial charge in [0.25, 0.3) is 0 Å². The molecule has 0 aliphatic carbocycles. The van der Waals surface area contributed by atoms with Crippen LogP contribution in [0.5, 0.6) is 5.75 Å². The Morgan fingerprint density at radius 3 is 2.72 bits per heavy atom. The van der Waals surface area contributed by atoms with Crippen molar-refractivity contribution >= 4 is 0 Å². The highest BCUT2D eigenvalue weighted by Crippen LogP contribution is 2.15. The quantitative estimate of drug-likeness (QED) is 0.871. The van der Waals surface area contributed by atoms with E-state index in [1.54, 1.807) is 18.5 Å². The lowest BCUT2D eigenvalue weighted by Gasteiger charge is -2.08. The Morgan fingerprint density at radius 2 is 2.00 bits per heavy atom. The van der Waals surface area contributed by atoms with Gasteiger partial charge in [0.1, 0.15) is 12.4 Å². The molecule has 0 amide bonds. The zero-order valence-electron chi connectivity index (χ0n) is 10.4. The average molecular weight is 243 g/mol. The summed E-state index contributed by atoms with van der Waals surface area (Å²) in [4.78, 5) is 8.22. The van der Waals surface area contributed by atoms with Crippen LogP contribution in [-0.2, 0) is 13.0 Å². The number of hydrogen-bond acceptors (Lipinski definition) is 4. The number of nitrogens with two attached hydrogens (primary N) is 1. The number of nitrogens with zero attached hydrogens (tertiary/aromatic N) is 2. The average Bonchev–Trinajstić information content (AvgIpc) is 2.37. The maximum Gasteiger partial charge on any atom is 0.166 e. The first kappa shape index (κ1) is 12.5. The van der Waals surface area contributed by atoms with Gasteiger partial charge in [0.2, 0.25) is 0 Å². The molecule has 1 aromatic heterocycles. The summed E-state index contributed by atoms with van der Waals surface area (Å²) in [6, 6.07) is 9.89. The van der Waals surface area contributed by atoms with Gasteiger partial charge in [0.05, 0.1) is 0 Å². The van der Waals surface area contributed by atoms with E-state index in [-0.39, 0.29) is 6.04 Å². The first-order chi connectivity index (χ1) is 8.74. The molecular weight excluding hydrogens is 226 g/mol. The van der Waals surface area contributed by atoms with Gasteiger partial charge in [-0.2, -0.15) is 0 Å². The fourth-order valence-electron chi connectivity index (χ4n) is 1.69. The van der Waals surface area contributed by atoms with Crippen molar-refractivity contribution < 1.29 is 4.74 Å². The van der Waals surface area contributed by atoms with Gasteiger partial charge in [-0.15, -0.1) is 0 Å². The van der Waals surface area contributed by atoms with Crippen molar-refractivity contribution in [3.8, 4) is 5.75 Å². The molecule has 1 unspecified atom stereocenters. The summed E-state index contributed by atoms with van der Waals surface area (Å²) in [7, 11) is 0. The van der Waals surface area contributed by atoms with E-state index >= 15 is 0 Å². The summed E-state index contributed by atoms with van der Waals surface area (Å²) in [6.45, 7) is 2.37. The predicted octanol–water partition coefficient (Wildman–Crippen LogP) is 1.95. The lowest BCUT2D eigenvalue weighted by atomic mass is 10.1. The molecular formula is C14H17N3O. The standard InChI is InChI=1S/C14H17N3O/c1-11(15)8-12-4-2-5-13(9-12)18-10-14-16-6-3-7-17-14/h2-7,9,11H,8,10,15H2,1H3. The first-order valence-corrected chi connectivity index (χ1v) is 5.97. The molecule has 2 aromatic rings. The second-order valence-corrected chi connectivity index (χ2v) is 4.28. The van der Waals surface area contributed by atoms with E-state index in [4.69, 9.17) is 10.5 Å². The highest BCUT2D eigenvalue weighted by molar-refractivity contribution is 5.29. The van der Waals surface area contributed by atoms with E-state index in [0.29, 0.717) is 12.4 Å². The first-order valence-electron chi connectivity index (χ1n) is 5.97. The van der Waals surface area contributed by atoms with Crippen LogP contribution >= 0.6 is 0 Å². The van der Waals surface area contributed by atoms with Gasteiger partial charge in [0, 0.05) is 18.4 Å². The van der Waals surface area contributed by atoms with Crippen molar-refractivity contribution in [3.63, 3.8) is 0 Å². The Balaban J connectivity index is 1.97. The number of hydrogen-bond donors (Lipinski definition) is 1. The van der Waals surface area contributed by atoms with Crippen LogP contribution in [-0.4, -0.2) is 16.0 Å². The molecule has 1 heterocycles. The molecule has 2 N–H and O–H groups in total. The highest BCUT2D eigenvalue weighted by atomic mass is 16.5. The van der Waals surface area contributed by atoms with Gasteiger partial charge in [-0.05, 0) is 37.1 Å². The fraction of sp³-hybridized carbons (Fsp3) is 0.286. The molecule has 0 saturated heterocycles. The van der Waals surface area contributed by atoms with Crippen LogP contribution in [0.15, 0.2) is 42.7 Å². The lowest BCUT2D eigenvalue weighted by molar-refractivity contribution is 0.295. The summed E-state index contributed by atoms with van der Waals surface area (Å²) in [5.74, 6) is 1.50. The summed E-state index contributed by atoms with van der Waals surface area (Å²) >= 11 is 0. The van der Waals surface area contributed by atoms with Crippen LogP contribution in [0, 0.1) is 0 Å². The van der Waals surface area contributed by atoms with E-state index in [9.17, 15) is 0 Å². The van der Waals surface area contributed by atoms with E-state index in [1.807, 2.05) is 25.1 Å². The van der Waals surface area contributed by atoms with Crippen molar-refractivity contribution in [2.75, 3.05) is 0 Å². The Bertz CT molecular complexity index is 485. The molecule has 2 rings (SSSR count).